The highest BCUT2D eigenvalue weighted by molar-refractivity contribution is 5.53. The smallest absolute Gasteiger partial charge is 0.128 e. The largest absolute Gasteiger partial charge is 0.368 e. The van der Waals surface area contributed by atoms with E-state index in [4.69, 9.17) is 9.97 Å². The van der Waals surface area contributed by atoms with E-state index >= 15 is 0 Å². The molecule has 0 radical (unpaired) electrons. The summed E-state index contributed by atoms with van der Waals surface area (Å²) in [6, 6.07) is 19.9. The Kier molecular flexibility index (Phi) is 14.1. The van der Waals surface area contributed by atoms with Crippen LogP contribution >= 0.6 is 0 Å². The van der Waals surface area contributed by atoms with E-state index in [1.165, 1.54) is 48.1 Å². The summed E-state index contributed by atoms with van der Waals surface area (Å²) in [5.74, 6) is 4.31. The van der Waals surface area contributed by atoms with Crippen molar-refractivity contribution in [2.75, 3.05) is 132 Å². The number of hydrogen-bond acceptors (Lipinski definition) is 12. The summed E-state index contributed by atoms with van der Waals surface area (Å²) >= 11 is 0. The van der Waals surface area contributed by atoms with Crippen molar-refractivity contribution in [1.82, 2.24) is 39.5 Å². The molecule has 1 aliphatic carbocycles. The molecule has 4 aliphatic heterocycles. The molecule has 63 heavy (non-hydrogen) atoms. The van der Waals surface area contributed by atoms with Gasteiger partial charge in [-0.1, -0.05) is 37.3 Å². The molecular formula is C51H74N12. The Morgan fingerprint density at radius 2 is 1.24 bits per heavy atom. The number of nitrogens with zero attached hydrogens (tertiary/aromatic N) is 12. The van der Waals surface area contributed by atoms with E-state index in [1.807, 2.05) is 19.3 Å². The van der Waals surface area contributed by atoms with Crippen molar-refractivity contribution in [3.05, 3.63) is 95.8 Å². The van der Waals surface area contributed by atoms with Crippen LogP contribution in [0.1, 0.15) is 55.1 Å². The topological polar surface area (TPSA) is 77.5 Å². The number of pyridine rings is 2. The first kappa shape index (κ1) is 43.9. The van der Waals surface area contributed by atoms with Gasteiger partial charge in [0.15, 0.2) is 0 Å². The molecule has 5 unspecified atom stereocenters. The summed E-state index contributed by atoms with van der Waals surface area (Å²) in [7, 11) is 4.51. The maximum atomic E-state index is 5.18. The Balaban J connectivity index is 0.952. The Hall–Kier alpha value is -4.36. The molecule has 1 saturated carbocycles. The molecule has 5 aliphatic rings. The van der Waals surface area contributed by atoms with Gasteiger partial charge in [-0.25, -0.2) is 19.9 Å². The van der Waals surface area contributed by atoms with Gasteiger partial charge in [-0.15, -0.1) is 0 Å². The number of aryl methyl sites for hydroxylation is 3. The number of anilines is 4. The molecule has 5 fully saturated rings. The zero-order valence-electron chi connectivity index (χ0n) is 39.0. The van der Waals surface area contributed by atoms with E-state index in [-0.39, 0.29) is 0 Å². The number of benzene rings is 1. The highest BCUT2D eigenvalue weighted by Crippen LogP contribution is 2.41. The average Bonchev–Trinajstić information content (AvgIpc) is 3.32. The van der Waals surface area contributed by atoms with Gasteiger partial charge in [-0.3, -0.25) is 9.80 Å². The molecule has 0 bridgehead atoms. The van der Waals surface area contributed by atoms with E-state index in [2.05, 4.69) is 138 Å². The average molecular weight is 855 g/mol. The lowest BCUT2D eigenvalue weighted by Crippen LogP contribution is -2.63. The van der Waals surface area contributed by atoms with Crippen LogP contribution in [0.3, 0.4) is 0 Å². The summed E-state index contributed by atoms with van der Waals surface area (Å²) in [5.41, 5.74) is 6.46. The van der Waals surface area contributed by atoms with Crippen molar-refractivity contribution in [2.45, 2.75) is 77.4 Å². The Morgan fingerprint density at radius 3 is 1.94 bits per heavy atom. The highest BCUT2D eigenvalue weighted by Gasteiger charge is 2.44. The van der Waals surface area contributed by atoms with Gasteiger partial charge < -0.3 is 29.4 Å². The van der Waals surface area contributed by atoms with Crippen LogP contribution in [0.15, 0.2) is 73.3 Å². The maximum absolute atomic E-state index is 5.18. The lowest BCUT2D eigenvalue weighted by Gasteiger charge is -2.53. The molecule has 0 spiro atoms. The number of likely N-dealkylation sites (N-methyl/N-ethyl adjacent to an activating group) is 2. The van der Waals surface area contributed by atoms with Gasteiger partial charge in [0, 0.05) is 110 Å². The van der Waals surface area contributed by atoms with Crippen molar-refractivity contribution >= 4 is 23.0 Å². The zero-order valence-corrected chi connectivity index (χ0v) is 39.0. The van der Waals surface area contributed by atoms with Gasteiger partial charge in [0.25, 0.3) is 0 Å². The van der Waals surface area contributed by atoms with Gasteiger partial charge in [-0.2, -0.15) is 0 Å². The van der Waals surface area contributed by atoms with Crippen molar-refractivity contribution in [3.8, 4) is 0 Å². The molecule has 0 N–H and O–H groups in total. The van der Waals surface area contributed by atoms with E-state index < -0.39 is 0 Å². The molecular weight excluding hydrogens is 781 g/mol. The lowest BCUT2D eigenvalue weighted by atomic mass is 9.71. The van der Waals surface area contributed by atoms with Crippen LogP contribution in [0, 0.1) is 25.7 Å². The van der Waals surface area contributed by atoms with Crippen LogP contribution in [0.2, 0.25) is 0 Å². The molecule has 12 heteroatoms. The fourth-order valence-corrected chi connectivity index (χ4v) is 11.4. The fourth-order valence-electron chi connectivity index (χ4n) is 11.4. The SMILES string of the molecule is CCc1ccc(CC2CN(c3cnc(C)nc3)CCN2CCC2CCC(N3CCN(C)CC3)C(C3CN(c4ccc(N5CCN(C)CC5)cn4)CCN3c3ccc(C)cn3)C2)cc1. The minimum atomic E-state index is 0.347. The summed E-state index contributed by atoms with van der Waals surface area (Å²) in [5, 5.41) is 0. The van der Waals surface area contributed by atoms with Gasteiger partial charge in [0.1, 0.15) is 17.5 Å². The third kappa shape index (κ3) is 10.6. The van der Waals surface area contributed by atoms with Crippen molar-refractivity contribution in [3.63, 3.8) is 0 Å². The first-order valence-electron chi connectivity index (χ1n) is 24.4. The van der Waals surface area contributed by atoms with Crippen molar-refractivity contribution < 1.29 is 0 Å². The Morgan fingerprint density at radius 1 is 0.571 bits per heavy atom. The predicted octanol–water partition coefficient (Wildman–Crippen LogP) is 5.75. The van der Waals surface area contributed by atoms with Crippen molar-refractivity contribution in [2.24, 2.45) is 11.8 Å². The minimum Gasteiger partial charge on any atom is -0.368 e. The molecule has 0 amide bonds. The van der Waals surface area contributed by atoms with Gasteiger partial charge in [0.2, 0.25) is 0 Å². The standard InChI is InChI=1S/C51H74N12/c1-6-41-8-10-42(11-9-41)31-45-37-61(46-35-52-40(3)53-36-46)28-27-58(45)18-17-43-12-14-48(60-25-21-57(5)22-26-60)47(32-43)49-38-62(29-30-63(49)51-15-7-39(2)33-54-51)50-16-13-44(34-55-50)59-23-19-56(4)20-24-59/h7-11,13,15-16,33-36,43,45,47-49H,6,12,14,17-32,37-38H2,1-5H3. The molecule has 338 valence electrons. The van der Waals surface area contributed by atoms with Crippen LogP contribution in [0.4, 0.5) is 23.0 Å². The number of piperazine rings is 4. The number of rotatable bonds is 12. The molecule has 3 aromatic heterocycles. The first-order chi connectivity index (χ1) is 30.8. The monoisotopic (exact) mass is 855 g/mol. The Bertz CT molecular complexity index is 2010. The zero-order chi connectivity index (χ0) is 43.3. The number of hydrogen-bond donors (Lipinski definition) is 0. The van der Waals surface area contributed by atoms with Crippen LogP contribution in [0.5, 0.6) is 0 Å². The maximum Gasteiger partial charge on any atom is 0.128 e. The van der Waals surface area contributed by atoms with Crippen LogP contribution < -0.4 is 19.6 Å². The normalized spacial score (nSPS) is 26.1. The predicted molar refractivity (Wildman–Crippen MR) is 258 cm³/mol. The molecule has 4 saturated heterocycles. The van der Waals surface area contributed by atoms with Crippen LogP contribution in [-0.4, -0.2) is 170 Å². The fraction of sp³-hybridized carbons (Fsp3) is 0.608. The summed E-state index contributed by atoms with van der Waals surface area (Å²) in [4.78, 5) is 40.4. The van der Waals surface area contributed by atoms with Gasteiger partial charge in [-0.05, 0) is 120 Å². The van der Waals surface area contributed by atoms with E-state index in [9.17, 15) is 0 Å². The molecule has 12 nitrogen and oxygen atoms in total. The molecule has 9 rings (SSSR count). The van der Waals surface area contributed by atoms with E-state index in [1.54, 1.807) is 0 Å². The second-order valence-corrected chi connectivity index (χ2v) is 19.6. The third-order valence-corrected chi connectivity index (χ3v) is 15.5. The van der Waals surface area contributed by atoms with E-state index in [0.717, 1.165) is 134 Å². The summed E-state index contributed by atoms with van der Waals surface area (Å²) in [6.45, 7) is 22.4. The first-order valence-corrected chi connectivity index (χ1v) is 24.4. The lowest BCUT2D eigenvalue weighted by molar-refractivity contribution is 0.0290. The highest BCUT2D eigenvalue weighted by atomic mass is 15.3. The minimum absolute atomic E-state index is 0.347. The second-order valence-electron chi connectivity index (χ2n) is 19.6. The quantitative estimate of drug-likeness (QED) is 0.174. The molecule has 5 atom stereocenters. The summed E-state index contributed by atoms with van der Waals surface area (Å²) < 4.78 is 0. The van der Waals surface area contributed by atoms with Gasteiger partial charge >= 0.3 is 0 Å². The number of aromatic nitrogens is 4. The third-order valence-electron chi connectivity index (χ3n) is 15.5. The summed E-state index contributed by atoms with van der Waals surface area (Å²) in [6.07, 6.45) is 15.5. The second kappa shape index (κ2) is 20.2. The molecule has 1 aromatic carbocycles. The van der Waals surface area contributed by atoms with Crippen molar-refractivity contribution in [1.29, 1.82) is 0 Å². The molecule has 4 aromatic rings. The van der Waals surface area contributed by atoms with Gasteiger partial charge in [0.05, 0.1) is 36.0 Å². The van der Waals surface area contributed by atoms with Crippen LogP contribution in [0.25, 0.3) is 0 Å². The van der Waals surface area contributed by atoms with E-state index in [0.29, 0.717) is 30.0 Å². The van der Waals surface area contributed by atoms with Crippen LogP contribution in [-0.2, 0) is 12.8 Å². The Labute approximate surface area is 378 Å². The molecule has 7 heterocycles.